The molecule has 1 N–H and O–H groups in total. The lowest BCUT2D eigenvalue weighted by Crippen LogP contribution is -2.49. The van der Waals surface area contributed by atoms with E-state index in [1.807, 2.05) is 32.9 Å². The SMILES string of the molecule is CC(C)(C)N(CN1Cc2ccc(C#N)cc2C1)C(=O)O. The summed E-state index contributed by atoms with van der Waals surface area (Å²) in [6.07, 6.45) is -0.911. The molecule has 1 aliphatic heterocycles. The molecule has 20 heavy (non-hydrogen) atoms. The fourth-order valence-electron chi connectivity index (χ4n) is 2.39. The minimum atomic E-state index is -0.911. The van der Waals surface area contributed by atoms with E-state index in [4.69, 9.17) is 5.26 Å². The van der Waals surface area contributed by atoms with Gasteiger partial charge in [0.25, 0.3) is 0 Å². The topological polar surface area (TPSA) is 67.6 Å². The minimum Gasteiger partial charge on any atom is -0.465 e. The average Bonchev–Trinajstić information content (AvgIpc) is 2.75. The number of amides is 1. The largest absolute Gasteiger partial charge is 0.465 e. The van der Waals surface area contributed by atoms with Crippen molar-refractivity contribution < 1.29 is 9.90 Å². The summed E-state index contributed by atoms with van der Waals surface area (Å²) in [5.74, 6) is 0. The molecule has 1 heterocycles. The summed E-state index contributed by atoms with van der Waals surface area (Å²) in [6.45, 7) is 7.44. The van der Waals surface area contributed by atoms with Gasteiger partial charge in [0.05, 0.1) is 18.3 Å². The molecule has 5 heteroatoms. The number of hydrogen-bond acceptors (Lipinski definition) is 3. The van der Waals surface area contributed by atoms with Crippen molar-refractivity contribution in [3.05, 3.63) is 34.9 Å². The second-order valence-electron chi connectivity index (χ2n) is 6.11. The molecule has 0 saturated carbocycles. The molecule has 0 spiro atoms. The number of benzene rings is 1. The van der Waals surface area contributed by atoms with Crippen molar-refractivity contribution in [1.82, 2.24) is 9.80 Å². The zero-order chi connectivity index (χ0) is 14.9. The van der Waals surface area contributed by atoms with Crippen molar-refractivity contribution in [1.29, 1.82) is 5.26 Å². The highest BCUT2D eigenvalue weighted by atomic mass is 16.4. The van der Waals surface area contributed by atoms with Gasteiger partial charge in [-0.3, -0.25) is 9.80 Å². The summed E-state index contributed by atoms with van der Waals surface area (Å²) in [6, 6.07) is 7.78. The lowest BCUT2D eigenvalue weighted by molar-refractivity contribution is 0.0531. The lowest BCUT2D eigenvalue weighted by Gasteiger charge is -2.36. The lowest BCUT2D eigenvalue weighted by atomic mass is 10.1. The standard InChI is InChI=1S/C15H19N3O2/c1-15(2,3)18(14(19)20)10-17-8-12-5-4-11(7-16)6-13(12)9-17/h4-6H,8-10H2,1-3H3,(H,19,20). The van der Waals surface area contributed by atoms with Crippen molar-refractivity contribution in [2.75, 3.05) is 6.67 Å². The molecule has 0 radical (unpaired) electrons. The fraction of sp³-hybridized carbons (Fsp3) is 0.467. The first-order valence-electron chi connectivity index (χ1n) is 6.56. The normalized spacial score (nSPS) is 14.7. The van der Waals surface area contributed by atoms with E-state index < -0.39 is 11.6 Å². The Bertz CT molecular complexity index is 569. The Balaban J connectivity index is 2.11. The number of rotatable bonds is 2. The van der Waals surface area contributed by atoms with Crippen LogP contribution >= 0.6 is 0 Å². The van der Waals surface area contributed by atoms with Crippen molar-refractivity contribution in [3.8, 4) is 6.07 Å². The second kappa shape index (κ2) is 5.14. The molecule has 0 aliphatic carbocycles. The van der Waals surface area contributed by atoms with E-state index in [0.717, 1.165) is 12.1 Å². The Morgan fingerprint density at radius 2 is 2.05 bits per heavy atom. The zero-order valence-electron chi connectivity index (χ0n) is 12.1. The number of nitrogens with zero attached hydrogens (tertiary/aromatic N) is 3. The Morgan fingerprint density at radius 1 is 1.40 bits per heavy atom. The van der Waals surface area contributed by atoms with Gasteiger partial charge in [0, 0.05) is 18.6 Å². The van der Waals surface area contributed by atoms with Gasteiger partial charge in [-0.15, -0.1) is 0 Å². The zero-order valence-corrected chi connectivity index (χ0v) is 12.1. The van der Waals surface area contributed by atoms with E-state index in [9.17, 15) is 9.90 Å². The maximum Gasteiger partial charge on any atom is 0.408 e. The predicted octanol–water partition coefficient (Wildman–Crippen LogP) is 2.61. The van der Waals surface area contributed by atoms with Crippen LogP contribution in [0.15, 0.2) is 18.2 Å². The van der Waals surface area contributed by atoms with E-state index >= 15 is 0 Å². The Hall–Kier alpha value is -2.06. The number of fused-ring (bicyclic) bond motifs is 1. The maximum atomic E-state index is 11.4. The van der Waals surface area contributed by atoms with Gasteiger partial charge in [-0.25, -0.2) is 4.79 Å². The summed E-state index contributed by atoms with van der Waals surface area (Å²) < 4.78 is 0. The van der Waals surface area contributed by atoms with Gasteiger partial charge in [-0.2, -0.15) is 5.26 Å². The highest BCUT2D eigenvalue weighted by Gasteiger charge is 2.30. The maximum absolute atomic E-state index is 11.4. The molecule has 0 aromatic heterocycles. The van der Waals surface area contributed by atoms with E-state index in [2.05, 4.69) is 11.0 Å². The first-order valence-corrected chi connectivity index (χ1v) is 6.56. The fourth-order valence-corrected chi connectivity index (χ4v) is 2.39. The van der Waals surface area contributed by atoms with E-state index in [0.29, 0.717) is 18.8 Å². The smallest absolute Gasteiger partial charge is 0.408 e. The summed E-state index contributed by atoms with van der Waals surface area (Å²) in [5, 5.41) is 18.2. The number of hydrogen-bond donors (Lipinski definition) is 1. The van der Waals surface area contributed by atoms with E-state index in [1.165, 1.54) is 10.5 Å². The highest BCUT2D eigenvalue weighted by molar-refractivity contribution is 5.65. The van der Waals surface area contributed by atoms with Crippen LogP contribution in [0.25, 0.3) is 0 Å². The third-order valence-corrected chi connectivity index (χ3v) is 3.51. The minimum absolute atomic E-state index is 0.370. The van der Waals surface area contributed by atoms with Crippen molar-refractivity contribution in [3.63, 3.8) is 0 Å². The van der Waals surface area contributed by atoms with Gasteiger partial charge in [-0.05, 0) is 44.0 Å². The van der Waals surface area contributed by atoms with Gasteiger partial charge in [0.1, 0.15) is 0 Å². The molecule has 1 amide bonds. The molecule has 0 fully saturated rings. The van der Waals surface area contributed by atoms with Gasteiger partial charge in [0.2, 0.25) is 0 Å². The Labute approximate surface area is 119 Å². The summed E-state index contributed by atoms with van der Waals surface area (Å²) in [4.78, 5) is 14.9. The summed E-state index contributed by atoms with van der Waals surface area (Å²) >= 11 is 0. The Kier molecular flexibility index (Phi) is 3.69. The van der Waals surface area contributed by atoms with Crippen molar-refractivity contribution in [2.24, 2.45) is 0 Å². The average molecular weight is 273 g/mol. The third kappa shape index (κ3) is 2.91. The van der Waals surface area contributed by atoms with Crippen molar-refractivity contribution >= 4 is 6.09 Å². The Morgan fingerprint density at radius 3 is 2.60 bits per heavy atom. The van der Waals surface area contributed by atoms with Crippen molar-refractivity contribution in [2.45, 2.75) is 39.4 Å². The molecular formula is C15H19N3O2. The van der Waals surface area contributed by atoms with E-state index in [1.54, 1.807) is 6.07 Å². The highest BCUT2D eigenvalue weighted by Crippen LogP contribution is 2.25. The van der Waals surface area contributed by atoms with E-state index in [-0.39, 0.29) is 0 Å². The van der Waals surface area contributed by atoms with Crippen LogP contribution < -0.4 is 0 Å². The molecule has 106 valence electrons. The molecule has 0 saturated heterocycles. The van der Waals surface area contributed by atoms with Crippen LogP contribution in [0.2, 0.25) is 0 Å². The molecule has 2 rings (SSSR count). The first-order chi connectivity index (χ1) is 9.31. The van der Waals surface area contributed by atoms with Crippen LogP contribution in [0, 0.1) is 11.3 Å². The second-order valence-corrected chi connectivity index (χ2v) is 6.11. The van der Waals surface area contributed by atoms with Crippen LogP contribution in [0.5, 0.6) is 0 Å². The molecule has 1 aromatic rings. The monoisotopic (exact) mass is 273 g/mol. The van der Waals surface area contributed by atoms with Gasteiger partial charge in [0.15, 0.2) is 0 Å². The van der Waals surface area contributed by atoms with Crippen LogP contribution in [0.1, 0.15) is 37.5 Å². The number of nitriles is 1. The molecular weight excluding hydrogens is 254 g/mol. The van der Waals surface area contributed by atoms with Gasteiger partial charge >= 0.3 is 6.09 Å². The molecule has 0 atom stereocenters. The molecule has 0 unspecified atom stereocenters. The van der Waals surface area contributed by atoms with Crippen LogP contribution in [-0.4, -0.2) is 33.2 Å². The van der Waals surface area contributed by atoms with Gasteiger partial charge < -0.3 is 5.11 Å². The summed E-state index contributed by atoms with van der Waals surface area (Å²) in [5.41, 5.74) is 2.50. The molecule has 0 bridgehead atoms. The quantitative estimate of drug-likeness (QED) is 0.899. The number of carbonyl (C=O) groups is 1. The predicted molar refractivity (Wildman–Crippen MR) is 74.9 cm³/mol. The number of carboxylic acid groups (broad SMARTS) is 1. The molecule has 1 aliphatic rings. The van der Waals surface area contributed by atoms with Crippen LogP contribution in [0.3, 0.4) is 0 Å². The van der Waals surface area contributed by atoms with Gasteiger partial charge in [-0.1, -0.05) is 6.07 Å². The molecule has 1 aromatic carbocycles. The van der Waals surface area contributed by atoms with Crippen LogP contribution in [-0.2, 0) is 13.1 Å². The third-order valence-electron chi connectivity index (χ3n) is 3.51. The summed E-state index contributed by atoms with van der Waals surface area (Å²) in [7, 11) is 0. The van der Waals surface area contributed by atoms with Crippen LogP contribution in [0.4, 0.5) is 4.79 Å². The molecule has 5 nitrogen and oxygen atoms in total. The first kappa shape index (κ1) is 14.4.